The fourth-order valence-corrected chi connectivity index (χ4v) is 1.13. The molecule has 0 aliphatic carbocycles. The van der Waals surface area contributed by atoms with Gasteiger partial charge in [0.25, 0.3) is 10.1 Å². The summed E-state index contributed by atoms with van der Waals surface area (Å²) < 4.78 is 25.6. The molecule has 0 saturated heterocycles. The van der Waals surface area contributed by atoms with E-state index >= 15 is 0 Å². The van der Waals surface area contributed by atoms with Crippen LogP contribution in [0.3, 0.4) is 0 Å². The van der Waals surface area contributed by atoms with E-state index in [9.17, 15) is 13.2 Å². The molecule has 2 N–H and O–H groups in total. The maximum Gasteiger partial charge on any atom is 0.268 e. The third kappa shape index (κ3) is 5.96. The highest BCUT2D eigenvalue weighted by atomic mass is 32.2. The maximum atomic E-state index is 10.7. The smallest absolute Gasteiger partial charge is 0.268 e. The monoisotopic (exact) mass is 181 g/mol. The molecule has 0 amide bonds. The van der Waals surface area contributed by atoms with Crippen LogP contribution in [0.2, 0.25) is 0 Å². The molecule has 0 aliphatic heterocycles. The van der Waals surface area contributed by atoms with E-state index in [-0.39, 0.29) is 18.1 Å². The molecular weight excluding hydrogens is 170 g/mol. The molecule has 5 nitrogen and oxygen atoms in total. The second-order valence-electron chi connectivity index (χ2n) is 2.01. The van der Waals surface area contributed by atoms with E-state index in [0.717, 1.165) is 0 Å². The average molecular weight is 181 g/mol. The van der Waals surface area contributed by atoms with Gasteiger partial charge in [-0.1, -0.05) is 0 Å². The van der Waals surface area contributed by atoms with Gasteiger partial charge in [-0.15, -0.1) is 0 Å². The second-order valence-corrected chi connectivity index (χ2v) is 3.77. The summed E-state index contributed by atoms with van der Waals surface area (Å²) in [4.78, 5) is 10.3. The molecule has 0 aliphatic rings. The zero-order chi connectivity index (χ0) is 8.91. The summed E-state index contributed by atoms with van der Waals surface area (Å²) in [5.41, 5.74) is 4.98. The van der Waals surface area contributed by atoms with Crippen LogP contribution in [-0.2, 0) is 19.1 Å². The Hall–Kier alpha value is -0.460. The Balaban J connectivity index is 3.84. The summed E-state index contributed by atoms with van der Waals surface area (Å²) in [6.45, 7) is 0.848. The summed E-state index contributed by atoms with van der Waals surface area (Å²) >= 11 is 0. The predicted molar refractivity (Wildman–Crippen MR) is 39.5 cm³/mol. The molecular formula is C5H11NO4S. The Morgan fingerprint density at radius 2 is 2.09 bits per heavy atom. The van der Waals surface area contributed by atoms with Crippen molar-refractivity contribution in [3.8, 4) is 0 Å². The van der Waals surface area contributed by atoms with Crippen molar-refractivity contribution in [1.82, 2.24) is 0 Å². The Kier molecular flexibility index (Phi) is 4.24. The predicted octanol–water partition coefficient (Wildman–Crippen LogP) is -1.12. The highest BCUT2D eigenvalue weighted by Gasteiger charge is 2.09. The van der Waals surface area contributed by atoms with E-state index in [4.69, 9.17) is 5.73 Å². The van der Waals surface area contributed by atoms with E-state index in [0.29, 0.717) is 0 Å². The number of Topliss-reactive ketones (excluding diaryl/α,β-unsaturated/α-hetero) is 1. The van der Waals surface area contributed by atoms with Crippen molar-refractivity contribution in [3.05, 3.63) is 0 Å². The zero-order valence-corrected chi connectivity index (χ0v) is 7.06. The van der Waals surface area contributed by atoms with E-state index in [1.54, 1.807) is 0 Å². The third-order valence-corrected chi connectivity index (χ3v) is 2.02. The first-order valence-corrected chi connectivity index (χ1v) is 4.62. The van der Waals surface area contributed by atoms with E-state index < -0.39 is 16.7 Å². The van der Waals surface area contributed by atoms with Crippen LogP contribution in [0.4, 0.5) is 0 Å². The van der Waals surface area contributed by atoms with Crippen LogP contribution in [-0.4, -0.2) is 33.1 Å². The molecule has 0 bridgehead atoms. The lowest BCUT2D eigenvalue weighted by atomic mass is 10.5. The van der Waals surface area contributed by atoms with Crippen LogP contribution < -0.4 is 5.73 Å². The van der Waals surface area contributed by atoms with Gasteiger partial charge in [-0.25, -0.2) is 0 Å². The van der Waals surface area contributed by atoms with Crippen molar-refractivity contribution in [2.45, 2.75) is 6.92 Å². The lowest BCUT2D eigenvalue weighted by Gasteiger charge is -2.00. The Bertz CT molecular complexity index is 221. The van der Waals surface area contributed by atoms with Gasteiger partial charge < -0.3 is 5.73 Å². The molecule has 0 heterocycles. The minimum atomic E-state index is -3.57. The lowest BCUT2D eigenvalue weighted by molar-refractivity contribution is -0.118. The molecule has 0 saturated carbocycles. The van der Waals surface area contributed by atoms with Gasteiger partial charge >= 0.3 is 0 Å². The first kappa shape index (κ1) is 10.5. The van der Waals surface area contributed by atoms with Gasteiger partial charge in [0.05, 0.1) is 5.75 Å². The van der Waals surface area contributed by atoms with Crippen molar-refractivity contribution < 1.29 is 17.4 Å². The molecule has 0 fully saturated rings. The van der Waals surface area contributed by atoms with E-state index in [1.165, 1.54) is 6.92 Å². The van der Waals surface area contributed by atoms with Crippen LogP contribution in [0.5, 0.6) is 0 Å². The standard InChI is InChI=1S/C5H11NO4S/c1-5(7)4-10-11(8,9)3-2-6/h2-4,6H2,1H3. The molecule has 0 aromatic heterocycles. The van der Waals surface area contributed by atoms with Crippen LogP contribution in [0.25, 0.3) is 0 Å². The summed E-state index contributed by atoms with van der Waals surface area (Å²) in [5.74, 6) is -0.578. The quantitative estimate of drug-likeness (QED) is 0.543. The maximum absolute atomic E-state index is 10.7. The number of hydrogen-bond acceptors (Lipinski definition) is 5. The highest BCUT2D eigenvalue weighted by Crippen LogP contribution is 1.91. The SMILES string of the molecule is CC(=O)COS(=O)(=O)CCN. The second kappa shape index (κ2) is 4.42. The normalized spacial score (nSPS) is 11.5. The minimum absolute atomic E-state index is 0.000236. The van der Waals surface area contributed by atoms with E-state index in [2.05, 4.69) is 4.18 Å². The summed E-state index contributed by atoms with van der Waals surface area (Å²) in [7, 11) is -3.57. The molecule has 0 rings (SSSR count). The molecule has 0 spiro atoms. The van der Waals surface area contributed by atoms with Crippen molar-refractivity contribution in [1.29, 1.82) is 0 Å². The summed E-state index contributed by atoms with van der Waals surface area (Å²) in [6.07, 6.45) is 0. The number of hydrogen-bond donors (Lipinski definition) is 1. The number of nitrogens with two attached hydrogens (primary N) is 1. The Morgan fingerprint density at radius 3 is 2.45 bits per heavy atom. The number of carbonyl (C=O) groups excluding carboxylic acids is 1. The third-order valence-electron chi connectivity index (χ3n) is 0.810. The largest absolute Gasteiger partial charge is 0.329 e. The Morgan fingerprint density at radius 1 is 1.55 bits per heavy atom. The van der Waals surface area contributed by atoms with Gasteiger partial charge in [0, 0.05) is 6.54 Å². The van der Waals surface area contributed by atoms with Gasteiger partial charge in [-0.05, 0) is 6.92 Å². The first-order valence-electron chi connectivity index (χ1n) is 3.04. The molecule has 0 atom stereocenters. The van der Waals surface area contributed by atoms with Crippen LogP contribution >= 0.6 is 0 Å². The molecule has 0 radical (unpaired) electrons. The van der Waals surface area contributed by atoms with Crippen LogP contribution in [0, 0.1) is 0 Å². The Labute approximate surface area is 65.6 Å². The van der Waals surface area contributed by atoms with Gasteiger partial charge in [0.1, 0.15) is 6.61 Å². The average Bonchev–Trinajstić information content (AvgIpc) is 1.84. The molecule has 6 heteroatoms. The molecule has 66 valence electrons. The topological polar surface area (TPSA) is 86.5 Å². The molecule has 11 heavy (non-hydrogen) atoms. The number of ketones is 1. The molecule has 0 unspecified atom stereocenters. The highest BCUT2D eigenvalue weighted by molar-refractivity contribution is 7.86. The minimum Gasteiger partial charge on any atom is -0.329 e. The van der Waals surface area contributed by atoms with Gasteiger partial charge in [0.15, 0.2) is 5.78 Å². The number of carbonyl (C=O) groups is 1. The van der Waals surface area contributed by atoms with Crippen molar-refractivity contribution in [2.75, 3.05) is 18.9 Å². The lowest BCUT2D eigenvalue weighted by Crippen LogP contribution is -2.20. The van der Waals surface area contributed by atoms with Crippen LogP contribution in [0.1, 0.15) is 6.92 Å². The van der Waals surface area contributed by atoms with E-state index in [1.807, 2.05) is 0 Å². The van der Waals surface area contributed by atoms with Crippen molar-refractivity contribution >= 4 is 15.9 Å². The fourth-order valence-electron chi connectivity index (χ4n) is 0.376. The molecule has 0 aromatic rings. The van der Waals surface area contributed by atoms with Crippen molar-refractivity contribution in [3.63, 3.8) is 0 Å². The van der Waals surface area contributed by atoms with Crippen LogP contribution in [0.15, 0.2) is 0 Å². The van der Waals surface area contributed by atoms with Gasteiger partial charge in [0.2, 0.25) is 0 Å². The molecule has 0 aromatic carbocycles. The zero-order valence-electron chi connectivity index (χ0n) is 6.24. The fraction of sp³-hybridized carbons (Fsp3) is 0.800. The van der Waals surface area contributed by atoms with Crippen molar-refractivity contribution in [2.24, 2.45) is 5.73 Å². The van der Waals surface area contributed by atoms with Gasteiger partial charge in [-0.2, -0.15) is 8.42 Å². The van der Waals surface area contributed by atoms with Gasteiger partial charge in [-0.3, -0.25) is 8.98 Å². The summed E-state index contributed by atoms with van der Waals surface area (Å²) in [6, 6.07) is 0. The first-order chi connectivity index (χ1) is 4.98. The number of rotatable bonds is 5. The summed E-state index contributed by atoms with van der Waals surface area (Å²) in [5, 5.41) is 0.